The van der Waals surface area contributed by atoms with Crippen LogP contribution in [0.5, 0.6) is 0 Å². The van der Waals surface area contributed by atoms with Gasteiger partial charge in [0.05, 0.1) is 0 Å². The van der Waals surface area contributed by atoms with Crippen LogP contribution >= 0.6 is 0 Å². The first-order valence-electron chi connectivity index (χ1n) is 4.17. The van der Waals surface area contributed by atoms with Crippen LogP contribution in [0.25, 0.3) is 0 Å². The van der Waals surface area contributed by atoms with Gasteiger partial charge in [-0.25, -0.2) is 8.78 Å². The third-order valence-corrected chi connectivity index (χ3v) is 2.32. The summed E-state index contributed by atoms with van der Waals surface area (Å²) in [7, 11) is 0. The second kappa shape index (κ2) is 3.21. The minimum Gasteiger partial charge on any atom is -0.367 e. The molecule has 0 aromatic carbocycles. The molecule has 1 amide bonds. The zero-order valence-electron chi connectivity index (χ0n) is 7.48. The molecule has 0 aliphatic carbocycles. The Morgan fingerprint density at radius 1 is 1.46 bits per heavy atom. The van der Waals surface area contributed by atoms with Crippen molar-refractivity contribution in [1.29, 1.82) is 0 Å². The molecule has 1 fully saturated rings. The highest BCUT2D eigenvalue weighted by molar-refractivity contribution is 5.82. The standard InChI is InChI=1S/C8H13F2NO2/c1-7(6(11)12)3-2-4-8(9,10)5-13-7/h2-5H2,1H3,(H2,11,12)/t7-/m1/s1. The Bertz CT molecular complexity index is 220. The second-order valence-corrected chi connectivity index (χ2v) is 3.59. The summed E-state index contributed by atoms with van der Waals surface area (Å²) < 4.78 is 30.4. The van der Waals surface area contributed by atoms with E-state index < -0.39 is 24.0 Å². The van der Waals surface area contributed by atoms with E-state index in [1.165, 1.54) is 6.92 Å². The fourth-order valence-corrected chi connectivity index (χ4v) is 1.29. The molecule has 0 aromatic heterocycles. The summed E-state index contributed by atoms with van der Waals surface area (Å²) in [4.78, 5) is 10.9. The number of carbonyl (C=O) groups excluding carboxylic acids is 1. The van der Waals surface area contributed by atoms with Crippen LogP contribution in [0.15, 0.2) is 0 Å². The number of hydrogen-bond acceptors (Lipinski definition) is 2. The lowest BCUT2D eigenvalue weighted by Crippen LogP contribution is -2.44. The van der Waals surface area contributed by atoms with Gasteiger partial charge in [-0.1, -0.05) is 0 Å². The number of hydrogen-bond donors (Lipinski definition) is 1. The zero-order valence-corrected chi connectivity index (χ0v) is 7.48. The summed E-state index contributed by atoms with van der Waals surface area (Å²) in [5, 5.41) is 0. The first-order chi connectivity index (χ1) is 5.86. The van der Waals surface area contributed by atoms with Crippen LogP contribution < -0.4 is 5.73 Å². The number of rotatable bonds is 1. The van der Waals surface area contributed by atoms with E-state index in [0.717, 1.165) is 0 Å². The fraction of sp³-hybridized carbons (Fsp3) is 0.875. The van der Waals surface area contributed by atoms with Crippen molar-refractivity contribution in [2.24, 2.45) is 5.73 Å². The summed E-state index contributed by atoms with van der Waals surface area (Å²) in [5.41, 5.74) is 3.83. The highest BCUT2D eigenvalue weighted by atomic mass is 19.3. The highest BCUT2D eigenvalue weighted by Crippen LogP contribution is 2.31. The molecule has 13 heavy (non-hydrogen) atoms. The van der Waals surface area contributed by atoms with Gasteiger partial charge in [-0.2, -0.15) is 0 Å². The van der Waals surface area contributed by atoms with Gasteiger partial charge in [0, 0.05) is 6.42 Å². The molecule has 1 atom stereocenters. The maximum atomic E-state index is 12.8. The average Bonchev–Trinajstić information content (AvgIpc) is 2.12. The van der Waals surface area contributed by atoms with E-state index in [0.29, 0.717) is 0 Å². The lowest BCUT2D eigenvalue weighted by molar-refractivity contribution is -0.152. The molecule has 0 aromatic rings. The molecular formula is C8H13F2NO2. The molecule has 0 bridgehead atoms. The Kier molecular flexibility index (Phi) is 2.56. The predicted molar refractivity (Wildman–Crippen MR) is 42.3 cm³/mol. The molecule has 1 heterocycles. The fourth-order valence-electron chi connectivity index (χ4n) is 1.29. The van der Waals surface area contributed by atoms with Crippen LogP contribution in [-0.2, 0) is 9.53 Å². The molecule has 2 N–H and O–H groups in total. The zero-order chi connectivity index (χ0) is 10.1. The molecule has 0 saturated carbocycles. The maximum Gasteiger partial charge on any atom is 0.271 e. The molecule has 1 aliphatic heterocycles. The topological polar surface area (TPSA) is 52.3 Å². The quantitative estimate of drug-likeness (QED) is 0.677. The Hall–Kier alpha value is -0.710. The third-order valence-electron chi connectivity index (χ3n) is 2.32. The minimum absolute atomic E-state index is 0.240. The molecule has 3 nitrogen and oxygen atoms in total. The van der Waals surface area contributed by atoms with Gasteiger partial charge in [-0.15, -0.1) is 0 Å². The summed E-state index contributed by atoms with van der Waals surface area (Å²) in [6.07, 6.45) is 0.278. The summed E-state index contributed by atoms with van der Waals surface area (Å²) in [5.74, 6) is -3.50. The number of ether oxygens (including phenoxy) is 1. The normalized spacial score (nSPS) is 33.8. The molecule has 0 unspecified atom stereocenters. The average molecular weight is 193 g/mol. The van der Waals surface area contributed by atoms with E-state index in [4.69, 9.17) is 10.5 Å². The van der Waals surface area contributed by atoms with Crippen LogP contribution in [0.4, 0.5) is 8.78 Å². The largest absolute Gasteiger partial charge is 0.367 e. The summed E-state index contributed by atoms with van der Waals surface area (Å²) >= 11 is 0. The maximum absolute atomic E-state index is 12.8. The Morgan fingerprint density at radius 3 is 2.62 bits per heavy atom. The van der Waals surface area contributed by atoms with Gasteiger partial charge < -0.3 is 10.5 Å². The lowest BCUT2D eigenvalue weighted by atomic mass is 9.98. The second-order valence-electron chi connectivity index (χ2n) is 3.59. The molecule has 1 saturated heterocycles. The smallest absolute Gasteiger partial charge is 0.271 e. The Morgan fingerprint density at radius 2 is 2.08 bits per heavy atom. The minimum atomic E-state index is -2.83. The molecular weight excluding hydrogens is 180 g/mol. The number of alkyl halides is 2. The number of halogens is 2. The number of amides is 1. The molecule has 1 aliphatic rings. The van der Waals surface area contributed by atoms with Crippen molar-refractivity contribution >= 4 is 5.91 Å². The van der Waals surface area contributed by atoms with E-state index in [9.17, 15) is 13.6 Å². The van der Waals surface area contributed by atoms with Crippen molar-refractivity contribution in [2.45, 2.75) is 37.7 Å². The Labute approximate surface area is 75.2 Å². The van der Waals surface area contributed by atoms with Crippen molar-refractivity contribution in [2.75, 3.05) is 6.61 Å². The van der Waals surface area contributed by atoms with Crippen LogP contribution in [-0.4, -0.2) is 24.0 Å². The molecule has 5 heteroatoms. The van der Waals surface area contributed by atoms with Gasteiger partial charge in [0.1, 0.15) is 12.2 Å². The molecule has 1 rings (SSSR count). The van der Waals surface area contributed by atoms with E-state index in [-0.39, 0.29) is 19.3 Å². The SMILES string of the molecule is C[C@]1(C(N)=O)CCCC(F)(F)CO1. The van der Waals surface area contributed by atoms with Gasteiger partial charge in [0.2, 0.25) is 5.91 Å². The van der Waals surface area contributed by atoms with Crippen molar-refractivity contribution in [3.8, 4) is 0 Å². The van der Waals surface area contributed by atoms with Gasteiger partial charge in [0.15, 0.2) is 0 Å². The molecule has 0 spiro atoms. The molecule has 76 valence electrons. The summed E-state index contributed by atoms with van der Waals surface area (Å²) in [6, 6.07) is 0. The van der Waals surface area contributed by atoms with E-state index in [1.807, 2.05) is 0 Å². The number of carbonyl (C=O) groups is 1. The first kappa shape index (κ1) is 10.4. The van der Waals surface area contributed by atoms with Gasteiger partial charge in [-0.05, 0) is 19.8 Å². The summed E-state index contributed by atoms with van der Waals surface area (Å²) in [6.45, 7) is 0.739. The number of primary amides is 1. The van der Waals surface area contributed by atoms with Crippen LogP contribution in [0.1, 0.15) is 26.2 Å². The van der Waals surface area contributed by atoms with Crippen LogP contribution in [0.3, 0.4) is 0 Å². The van der Waals surface area contributed by atoms with Crippen molar-refractivity contribution in [3.05, 3.63) is 0 Å². The van der Waals surface area contributed by atoms with Crippen molar-refractivity contribution < 1.29 is 18.3 Å². The van der Waals surface area contributed by atoms with E-state index in [2.05, 4.69) is 0 Å². The highest BCUT2D eigenvalue weighted by Gasteiger charge is 2.41. The van der Waals surface area contributed by atoms with Gasteiger partial charge in [-0.3, -0.25) is 4.79 Å². The van der Waals surface area contributed by atoms with E-state index >= 15 is 0 Å². The van der Waals surface area contributed by atoms with Crippen LogP contribution in [0, 0.1) is 0 Å². The van der Waals surface area contributed by atoms with Gasteiger partial charge in [0.25, 0.3) is 5.92 Å². The number of nitrogens with two attached hydrogens (primary N) is 1. The van der Waals surface area contributed by atoms with Crippen molar-refractivity contribution in [3.63, 3.8) is 0 Å². The van der Waals surface area contributed by atoms with Gasteiger partial charge >= 0.3 is 0 Å². The van der Waals surface area contributed by atoms with Crippen LogP contribution in [0.2, 0.25) is 0 Å². The van der Waals surface area contributed by atoms with E-state index in [1.54, 1.807) is 0 Å². The third kappa shape index (κ3) is 2.37. The van der Waals surface area contributed by atoms with Crippen molar-refractivity contribution in [1.82, 2.24) is 0 Å². The predicted octanol–water partition coefficient (Wildman–Crippen LogP) is 1.07. The first-order valence-corrected chi connectivity index (χ1v) is 4.17. The monoisotopic (exact) mass is 193 g/mol. The lowest BCUT2D eigenvalue weighted by Gasteiger charge is -2.24. The Balaban J connectivity index is 2.69. The molecule has 0 radical (unpaired) electrons.